The molecule has 0 aliphatic rings. The highest BCUT2D eigenvalue weighted by molar-refractivity contribution is 7.71. The van der Waals surface area contributed by atoms with Gasteiger partial charge in [0.2, 0.25) is 0 Å². The smallest absolute Gasteiger partial charge is 0.155 e. The van der Waals surface area contributed by atoms with E-state index in [0.717, 1.165) is 21.7 Å². The summed E-state index contributed by atoms with van der Waals surface area (Å²) in [6, 6.07) is 12.2. The normalized spacial score (nSPS) is 11.0. The van der Waals surface area contributed by atoms with Gasteiger partial charge in [0, 0.05) is 17.3 Å². The molecule has 18 heavy (non-hydrogen) atoms. The Morgan fingerprint density at radius 3 is 2.72 bits per heavy atom. The van der Waals surface area contributed by atoms with Crippen molar-refractivity contribution in [3.8, 4) is 11.3 Å². The van der Waals surface area contributed by atoms with Crippen molar-refractivity contribution in [2.24, 2.45) is 0 Å². The zero-order valence-electron chi connectivity index (χ0n) is 10.3. The zero-order chi connectivity index (χ0) is 12.7. The van der Waals surface area contributed by atoms with Crippen molar-refractivity contribution < 1.29 is 0 Å². The minimum atomic E-state index is 0.748. The van der Waals surface area contributed by atoms with Gasteiger partial charge in [-0.1, -0.05) is 36.5 Å². The maximum atomic E-state index is 5.33. The molecule has 4 heteroatoms. The van der Waals surface area contributed by atoms with Gasteiger partial charge in [-0.3, -0.25) is 5.10 Å². The maximum absolute atomic E-state index is 5.33. The summed E-state index contributed by atoms with van der Waals surface area (Å²) in [6.45, 7) is 4.05. The average Bonchev–Trinajstić information content (AvgIpc) is 2.73. The summed E-state index contributed by atoms with van der Waals surface area (Å²) in [5.41, 5.74) is 5.24. The van der Waals surface area contributed by atoms with E-state index in [0.29, 0.717) is 0 Å². The molecule has 0 spiro atoms. The Bertz CT molecular complexity index is 783. The predicted molar refractivity (Wildman–Crippen MR) is 75.3 cm³/mol. The van der Waals surface area contributed by atoms with E-state index in [1.165, 1.54) is 11.1 Å². The largest absolute Gasteiger partial charge is 0.291 e. The Kier molecular flexibility index (Phi) is 2.52. The lowest BCUT2D eigenvalue weighted by atomic mass is 10.1. The van der Waals surface area contributed by atoms with Gasteiger partial charge in [-0.2, -0.15) is 0 Å². The van der Waals surface area contributed by atoms with Crippen LogP contribution in [0.25, 0.3) is 16.9 Å². The van der Waals surface area contributed by atoms with E-state index in [1.54, 1.807) is 0 Å². The Morgan fingerprint density at radius 1 is 1.17 bits per heavy atom. The van der Waals surface area contributed by atoms with Crippen molar-refractivity contribution in [3.63, 3.8) is 0 Å². The molecule has 0 saturated heterocycles. The van der Waals surface area contributed by atoms with Crippen molar-refractivity contribution in [1.29, 1.82) is 0 Å². The van der Waals surface area contributed by atoms with Crippen LogP contribution >= 0.6 is 12.2 Å². The third kappa shape index (κ3) is 1.75. The first-order chi connectivity index (χ1) is 8.65. The van der Waals surface area contributed by atoms with Crippen molar-refractivity contribution >= 4 is 17.9 Å². The number of H-pyrrole nitrogens is 1. The lowest BCUT2D eigenvalue weighted by Crippen LogP contribution is -1.93. The summed E-state index contributed by atoms with van der Waals surface area (Å²) < 4.78 is 2.58. The van der Waals surface area contributed by atoms with Gasteiger partial charge in [0.25, 0.3) is 0 Å². The van der Waals surface area contributed by atoms with Gasteiger partial charge in [0.15, 0.2) is 5.65 Å². The number of benzene rings is 1. The van der Waals surface area contributed by atoms with Crippen LogP contribution in [0.5, 0.6) is 0 Å². The van der Waals surface area contributed by atoms with E-state index < -0.39 is 0 Å². The molecule has 0 aliphatic carbocycles. The summed E-state index contributed by atoms with van der Waals surface area (Å²) in [4.78, 5) is 4.48. The summed E-state index contributed by atoms with van der Waals surface area (Å²) in [5, 5.41) is 3.30. The van der Waals surface area contributed by atoms with Crippen LogP contribution in [-0.2, 0) is 0 Å². The molecule has 0 atom stereocenters. The fourth-order valence-electron chi connectivity index (χ4n) is 2.12. The number of rotatable bonds is 1. The van der Waals surface area contributed by atoms with Gasteiger partial charge >= 0.3 is 0 Å². The highest BCUT2D eigenvalue weighted by Crippen LogP contribution is 2.22. The molecule has 0 fully saturated rings. The molecule has 3 nitrogen and oxygen atoms in total. The number of fused-ring (bicyclic) bond motifs is 1. The molecule has 90 valence electrons. The second-order valence-electron chi connectivity index (χ2n) is 4.41. The van der Waals surface area contributed by atoms with Gasteiger partial charge in [-0.25, -0.2) is 9.50 Å². The van der Waals surface area contributed by atoms with Crippen LogP contribution in [-0.4, -0.2) is 14.6 Å². The van der Waals surface area contributed by atoms with Crippen LogP contribution in [0, 0.1) is 18.5 Å². The lowest BCUT2D eigenvalue weighted by Gasteiger charge is -2.01. The topological polar surface area (TPSA) is 33.1 Å². The van der Waals surface area contributed by atoms with Crippen LogP contribution in [0.4, 0.5) is 0 Å². The van der Waals surface area contributed by atoms with E-state index >= 15 is 0 Å². The minimum Gasteiger partial charge on any atom is -0.291 e. The number of nitrogens with zero attached hydrogens (tertiary/aromatic N) is 2. The lowest BCUT2D eigenvalue weighted by molar-refractivity contribution is 0.918. The van der Waals surface area contributed by atoms with Gasteiger partial charge in [0.05, 0.1) is 5.69 Å². The summed E-state index contributed by atoms with van der Waals surface area (Å²) in [7, 11) is 0. The van der Waals surface area contributed by atoms with Gasteiger partial charge in [-0.05, 0) is 25.5 Å². The fraction of sp³-hybridized carbons (Fsp3) is 0.143. The molecular weight excluding hydrogens is 242 g/mol. The number of nitrogens with one attached hydrogen (secondary N) is 1. The molecule has 0 amide bonds. The van der Waals surface area contributed by atoms with Crippen molar-refractivity contribution in [2.45, 2.75) is 13.8 Å². The van der Waals surface area contributed by atoms with Crippen LogP contribution in [0.15, 0.2) is 36.4 Å². The van der Waals surface area contributed by atoms with Gasteiger partial charge < -0.3 is 0 Å². The van der Waals surface area contributed by atoms with Crippen molar-refractivity contribution in [3.05, 3.63) is 52.3 Å². The van der Waals surface area contributed by atoms with E-state index in [4.69, 9.17) is 12.2 Å². The monoisotopic (exact) mass is 255 g/mol. The molecule has 3 aromatic rings. The standard InChI is InChI=1S/C14H13N3S/c1-9-5-3-4-6-11(9)12-8-13-15-10(2)7-14(18)17(13)16-12/h3-8,16H,1-2H3. The number of aromatic nitrogens is 3. The van der Waals surface area contributed by atoms with Crippen LogP contribution < -0.4 is 0 Å². The highest BCUT2D eigenvalue weighted by atomic mass is 32.1. The first-order valence-corrected chi connectivity index (χ1v) is 6.21. The Hall–Kier alpha value is -1.94. The molecule has 0 saturated carbocycles. The minimum absolute atomic E-state index is 0.748. The van der Waals surface area contributed by atoms with Crippen molar-refractivity contribution in [2.75, 3.05) is 0 Å². The van der Waals surface area contributed by atoms with Crippen LogP contribution in [0.3, 0.4) is 0 Å². The van der Waals surface area contributed by atoms with Gasteiger partial charge in [0.1, 0.15) is 4.64 Å². The molecule has 1 aromatic carbocycles. The van der Waals surface area contributed by atoms with E-state index in [-0.39, 0.29) is 0 Å². The third-order valence-electron chi connectivity index (χ3n) is 3.01. The molecule has 1 N–H and O–H groups in total. The van der Waals surface area contributed by atoms with Gasteiger partial charge in [-0.15, -0.1) is 0 Å². The van der Waals surface area contributed by atoms with Crippen LogP contribution in [0.1, 0.15) is 11.3 Å². The molecular formula is C14H13N3S. The first-order valence-electron chi connectivity index (χ1n) is 5.80. The molecule has 3 rings (SSSR count). The Balaban J connectivity index is 2.30. The maximum Gasteiger partial charge on any atom is 0.155 e. The third-order valence-corrected chi connectivity index (χ3v) is 3.31. The zero-order valence-corrected chi connectivity index (χ0v) is 11.1. The summed E-state index contributed by atoms with van der Waals surface area (Å²) in [5.74, 6) is 0. The van der Waals surface area contributed by atoms with E-state index in [9.17, 15) is 0 Å². The first kappa shape index (κ1) is 11.2. The number of hydrogen-bond donors (Lipinski definition) is 1. The molecule has 0 radical (unpaired) electrons. The Morgan fingerprint density at radius 2 is 1.94 bits per heavy atom. The number of aromatic amines is 1. The second-order valence-corrected chi connectivity index (χ2v) is 4.83. The number of hydrogen-bond acceptors (Lipinski definition) is 2. The second kappa shape index (κ2) is 4.07. The summed E-state index contributed by atoms with van der Waals surface area (Å²) in [6.07, 6.45) is 0. The molecule has 2 heterocycles. The van der Waals surface area contributed by atoms with E-state index in [2.05, 4.69) is 29.1 Å². The predicted octanol–water partition coefficient (Wildman–Crippen LogP) is 3.68. The van der Waals surface area contributed by atoms with E-state index in [1.807, 2.05) is 35.7 Å². The Labute approximate surface area is 110 Å². The number of aryl methyl sites for hydroxylation is 2. The molecule has 0 unspecified atom stereocenters. The van der Waals surface area contributed by atoms with Crippen LogP contribution in [0.2, 0.25) is 0 Å². The molecule has 0 bridgehead atoms. The SMILES string of the molecule is Cc1cc(=S)n2[nH]c(-c3ccccc3C)cc2n1. The average molecular weight is 255 g/mol. The molecule has 0 aliphatic heterocycles. The van der Waals surface area contributed by atoms with Crippen molar-refractivity contribution in [1.82, 2.24) is 14.6 Å². The fourth-order valence-corrected chi connectivity index (χ4v) is 2.43. The molecule has 2 aromatic heterocycles. The summed E-state index contributed by atoms with van der Waals surface area (Å²) >= 11 is 5.33. The highest BCUT2D eigenvalue weighted by Gasteiger charge is 2.06. The quantitative estimate of drug-likeness (QED) is 0.673.